The van der Waals surface area contributed by atoms with Gasteiger partial charge in [0.2, 0.25) is 5.78 Å². The van der Waals surface area contributed by atoms with Gasteiger partial charge in [-0.25, -0.2) is 0 Å². The molecule has 10 aliphatic carbocycles. The largest absolute Gasteiger partial charge is 0.461 e. The Hall–Kier alpha value is -2.55. The van der Waals surface area contributed by atoms with E-state index in [-0.39, 0.29) is 46.6 Å². The summed E-state index contributed by atoms with van der Waals surface area (Å²) in [4.78, 5) is 17.1. The highest BCUT2D eigenvalue weighted by Gasteiger charge is 2.74. The zero-order valence-electron chi connectivity index (χ0n) is 33.1. The summed E-state index contributed by atoms with van der Waals surface area (Å²) in [6.45, 7) is 7.44. The molecule has 55 heavy (non-hydrogen) atoms. The fourth-order valence-electron chi connectivity index (χ4n) is 15.9. The van der Waals surface area contributed by atoms with Gasteiger partial charge in [-0.2, -0.15) is 0 Å². The van der Waals surface area contributed by atoms with Crippen LogP contribution in [0.2, 0.25) is 0 Å². The third-order valence-corrected chi connectivity index (χ3v) is 17.8. The molecule has 12 rings (SSSR count). The Bertz CT molecular complexity index is 1800. The second-order valence-corrected chi connectivity index (χ2v) is 20.9. The van der Waals surface area contributed by atoms with Gasteiger partial charge in [-0.1, -0.05) is 62.4 Å². The van der Waals surface area contributed by atoms with Crippen molar-refractivity contribution < 1.29 is 29.3 Å². The standard InChI is InChI=1S/C48H63NO6/c1-43-13-10-36(50)25-46(43)16-17-48(38(26-46)42(52)39-9-6-18-55-39)40(43)11-14-44(2)41(48)12-15-47(44,53)31-49(27-37(51)29-54-28-32-7-4-3-5-8-32)30-45-22-33-19-34(23-45)21-35(20-33)24-45/h3-9,16-18,26,33-37,40-41,50-51,53H,10-15,19-25,27-31H2,1-2H3/t33?,34?,35?,36?,37-,40-,41-,43-,44+,45?,46+,47-,48-/m1/s1. The summed E-state index contributed by atoms with van der Waals surface area (Å²) >= 11 is 0. The number of hydrogen-bond acceptors (Lipinski definition) is 7. The average molecular weight is 750 g/mol. The summed E-state index contributed by atoms with van der Waals surface area (Å²) in [5.41, 5.74) is -0.194. The minimum Gasteiger partial charge on any atom is -0.461 e. The van der Waals surface area contributed by atoms with Gasteiger partial charge in [-0.05, 0) is 142 Å². The number of aliphatic hydroxyl groups is 3. The summed E-state index contributed by atoms with van der Waals surface area (Å²) in [5, 5.41) is 36.0. The summed E-state index contributed by atoms with van der Waals surface area (Å²) in [5.74, 6) is 3.13. The molecule has 7 nitrogen and oxygen atoms in total. The predicted molar refractivity (Wildman–Crippen MR) is 211 cm³/mol. The summed E-state index contributed by atoms with van der Waals surface area (Å²) in [7, 11) is 0. The molecule has 1 aromatic heterocycles. The zero-order valence-corrected chi connectivity index (χ0v) is 33.1. The summed E-state index contributed by atoms with van der Waals surface area (Å²) in [6, 6.07) is 13.7. The van der Waals surface area contributed by atoms with Crippen LogP contribution in [-0.2, 0) is 11.3 Å². The molecule has 10 aliphatic rings. The van der Waals surface area contributed by atoms with Crippen LogP contribution in [0.5, 0.6) is 0 Å². The lowest BCUT2D eigenvalue weighted by Gasteiger charge is -2.71. The fraction of sp³-hybridized carbons (Fsp3) is 0.688. The van der Waals surface area contributed by atoms with Gasteiger partial charge >= 0.3 is 0 Å². The fourth-order valence-corrected chi connectivity index (χ4v) is 15.9. The molecule has 3 N–H and O–H groups in total. The smallest absolute Gasteiger partial charge is 0.224 e. The molecule has 7 saturated carbocycles. The van der Waals surface area contributed by atoms with Crippen molar-refractivity contribution in [1.29, 1.82) is 0 Å². The molecule has 1 unspecified atom stereocenters. The number of furan rings is 1. The molecule has 0 aliphatic heterocycles. The van der Waals surface area contributed by atoms with Crippen molar-refractivity contribution in [3.63, 3.8) is 0 Å². The van der Waals surface area contributed by atoms with Crippen molar-refractivity contribution in [3.05, 3.63) is 83.9 Å². The number of fused-ring (bicyclic) bond motifs is 1. The SMILES string of the molecule is C[C@]12CC[C@H]3[C@]4(C=C[C@@]5(C=C4C(=O)c4ccco4)CC(O)CC[C@]35C)[C@@H]1CC[C@@]2(O)CN(C[C@@H](O)COCc1ccccc1)CC12CC3CC(CC(C3)C1)C2. The Morgan fingerprint density at radius 1 is 0.873 bits per heavy atom. The van der Waals surface area contributed by atoms with E-state index in [2.05, 4.69) is 49.1 Å². The number of carbonyl (C=O) groups excluding carboxylic acids is 1. The van der Waals surface area contributed by atoms with E-state index in [4.69, 9.17) is 9.15 Å². The molecule has 1 aromatic carbocycles. The first kappa shape index (κ1) is 36.8. The average Bonchev–Trinajstić information content (AvgIpc) is 3.77. The molecule has 0 radical (unpaired) electrons. The highest BCUT2D eigenvalue weighted by Crippen LogP contribution is 2.78. The second kappa shape index (κ2) is 13.0. The van der Waals surface area contributed by atoms with Crippen LogP contribution in [0.1, 0.15) is 113 Å². The van der Waals surface area contributed by atoms with Gasteiger partial charge in [-0.3, -0.25) is 9.69 Å². The van der Waals surface area contributed by atoms with Gasteiger partial charge in [0, 0.05) is 41.5 Å². The molecule has 296 valence electrons. The van der Waals surface area contributed by atoms with Gasteiger partial charge < -0.3 is 24.5 Å². The van der Waals surface area contributed by atoms with E-state index in [1.165, 1.54) is 38.5 Å². The number of carbonyl (C=O) groups is 1. The lowest BCUT2D eigenvalue weighted by Crippen LogP contribution is -2.67. The van der Waals surface area contributed by atoms with Gasteiger partial charge in [0.25, 0.3) is 0 Å². The monoisotopic (exact) mass is 749 g/mol. The van der Waals surface area contributed by atoms with Crippen molar-refractivity contribution in [3.8, 4) is 0 Å². The van der Waals surface area contributed by atoms with Crippen LogP contribution in [0, 0.1) is 56.7 Å². The first-order valence-electron chi connectivity index (χ1n) is 21.8. The maximum atomic E-state index is 14.7. The number of allylic oxidation sites excluding steroid dienone is 4. The Morgan fingerprint density at radius 3 is 2.27 bits per heavy atom. The maximum absolute atomic E-state index is 14.7. The molecule has 7 fully saturated rings. The molecule has 1 heterocycles. The van der Waals surface area contributed by atoms with Crippen molar-refractivity contribution in [2.75, 3.05) is 26.2 Å². The van der Waals surface area contributed by atoms with E-state index < -0.39 is 22.5 Å². The predicted octanol–water partition coefficient (Wildman–Crippen LogP) is 8.15. The van der Waals surface area contributed by atoms with E-state index in [1.807, 2.05) is 18.2 Å². The van der Waals surface area contributed by atoms with Gasteiger partial charge in [0.05, 0.1) is 37.3 Å². The molecule has 9 atom stereocenters. The number of ether oxygens (including phenoxy) is 1. The Balaban J connectivity index is 0.968. The van der Waals surface area contributed by atoms with E-state index in [0.29, 0.717) is 38.3 Å². The van der Waals surface area contributed by atoms with E-state index in [9.17, 15) is 20.1 Å². The van der Waals surface area contributed by atoms with Crippen LogP contribution < -0.4 is 0 Å². The van der Waals surface area contributed by atoms with E-state index >= 15 is 0 Å². The van der Waals surface area contributed by atoms with Crippen LogP contribution in [0.25, 0.3) is 0 Å². The number of hydrogen-bond donors (Lipinski definition) is 3. The Labute approximate surface area is 327 Å². The minimum atomic E-state index is -0.980. The van der Waals surface area contributed by atoms with Crippen LogP contribution in [0.4, 0.5) is 0 Å². The number of aliphatic hydroxyl groups excluding tert-OH is 2. The lowest BCUT2D eigenvalue weighted by atomic mass is 9.32. The first-order chi connectivity index (χ1) is 26.4. The molecule has 2 aromatic rings. The molecule has 6 bridgehead atoms. The van der Waals surface area contributed by atoms with Gasteiger partial charge in [0.15, 0.2) is 5.76 Å². The van der Waals surface area contributed by atoms with Crippen LogP contribution in [-0.4, -0.2) is 70.1 Å². The molecule has 7 heteroatoms. The Kier molecular flexibility index (Phi) is 8.68. The highest BCUT2D eigenvalue weighted by molar-refractivity contribution is 6.08. The molecular weight excluding hydrogens is 687 g/mol. The van der Waals surface area contributed by atoms with Gasteiger partial charge in [0.1, 0.15) is 0 Å². The molecule has 2 spiro atoms. The number of benzene rings is 1. The van der Waals surface area contributed by atoms with Crippen molar-refractivity contribution in [1.82, 2.24) is 4.90 Å². The van der Waals surface area contributed by atoms with E-state index in [1.54, 1.807) is 18.4 Å². The zero-order chi connectivity index (χ0) is 37.8. The number of Topliss-reactive ketones (excluding diaryl/α,β-unsaturated/α-hetero) is 1. The first-order valence-corrected chi connectivity index (χ1v) is 21.8. The van der Waals surface area contributed by atoms with Crippen LogP contribution in [0.15, 0.2) is 76.9 Å². The Morgan fingerprint density at radius 2 is 1.56 bits per heavy atom. The minimum absolute atomic E-state index is 0.0393. The quantitative estimate of drug-likeness (QED) is 0.149. The number of ketones is 1. The molecule has 0 amide bonds. The third-order valence-electron chi connectivity index (χ3n) is 17.8. The van der Waals surface area contributed by atoms with Crippen molar-refractivity contribution >= 4 is 5.78 Å². The number of rotatable bonds is 12. The van der Waals surface area contributed by atoms with Crippen molar-refractivity contribution in [2.24, 2.45) is 56.7 Å². The number of nitrogens with zero attached hydrogens (tertiary/aromatic N) is 1. The van der Waals surface area contributed by atoms with E-state index in [0.717, 1.165) is 67.5 Å². The lowest BCUT2D eigenvalue weighted by molar-refractivity contribution is -0.179. The second-order valence-electron chi connectivity index (χ2n) is 20.9. The molecular formula is C48H63NO6. The topological polar surface area (TPSA) is 103 Å². The van der Waals surface area contributed by atoms with Crippen LogP contribution in [0.3, 0.4) is 0 Å². The molecule has 0 saturated heterocycles. The van der Waals surface area contributed by atoms with Gasteiger partial charge in [-0.15, -0.1) is 0 Å². The van der Waals surface area contributed by atoms with Crippen LogP contribution >= 0.6 is 0 Å². The normalized spacial score (nSPS) is 45.3. The summed E-state index contributed by atoms with van der Waals surface area (Å²) in [6.07, 6.45) is 21.3. The summed E-state index contributed by atoms with van der Waals surface area (Å²) < 4.78 is 11.9. The maximum Gasteiger partial charge on any atom is 0.224 e. The third kappa shape index (κ3) is 5.56. The van der Waals surface area contributed by atoms with Crippen molar-refractivity contribution in [2.45, 2.75) is 122 Å². The highest BCUT2D eigenvalue weighted by atomic mass is 16.5.